The maximum absolute atomic E-state index is 13.2. The summed E-state index contributed by atoms with van der Waals surface area (Å²) >= 11 is 0. The van der Waals surface area contributed by atoms with Gasteiger partial charge in [-0.1, -0.05) is 11.1 Å². The van der Waals surface area contributed by atoms with Gasteiger partial charge in [0.1, 0.15) is 0 Å². The van der Waals surface area contributed by atoms with Crippen molar-refractivity contribution >= 4 is 11.9 Å². The highest BCUT2D eigenvalue weighted by Crippen LogP contribution is 2.57. The Labute approximate surface area is 148 Å². The van der Waals surface area contributed by atoms with Crippen molar-refractivity contribution in [3.05, 3.63) is 11.1 Å². The second kappa shape index (κ2) is 6.09. The quantitative estimate of drug-likeness (QED) is 0.772. The van der Waals surface area contributed by atoms with E-state index in [4.69, 9.17) is 9.47 Å². The van der Waals surface area contributed by atoms with Crippen LogP contribution in [-0.4, -0.2) is 54.0 Å². The fourth-order valence-electron chi connectivity index (χ4n) is 5.65. The molecule has 6 nitrogen and oxygen atoms in total. The summed E-state index contributed by atoms with van der Waals surface area (Å²) < 4.78 is 11.5. The van der Waals surface area contributed by atoms with Crippen LogP contribution in [0.5, 0.6) is 0 Å². The third-order valence-corrected chi connectivity index (χ3v) is 6.64. The number of ether oxygens (including phenoxy) is 2. The molecule has 1 N–H and O–H groups in total. The summed E-state index contributed by atoms with van der Waals surface area (Å²) in [6.45, 7) is 6.50. The molecule has 6 heteroatoms. The number of fused-ring (bicyclic) bond motifs is 2. The third-order valence-electron chi connectivity index (χ3n) is 6.64. The lowest BCUT2D eigenvalue weighted by atomic mass is 9.78. The fourth-order valence-corrected chi connectivity index (χ4v) is 5.65. The van der Waals surface area contributed by atoms with Crippen LogP contribution in [0.4, 0.5) is 0 Å². The number of carbonyl (C=O) groups is 2. The first-order valence-electron chi connectivity index (χ1n) is 9.40. The molecule has 0 radical (unpaired) electrons. The third kappa shape index (κ3) is 2.61. The zero-order valence-corrected chi connectivity index (χ0v) is 15.0. The lowest BCUT2D eigenvalue weighted by molar-refractivity contribution is -0.189. The number of amides is 1. The van der Waals surface area contributed by atoms with Crippen LogP contribution in [-0.2, 0) is 19.1 Å². The number of nitrogens with zero attached hydrogens (tertiary/aromatic N) is 1. The van der Waals surface area contributed by atoms with E-state index >= 15 is 0 Å². The second-order valence-corrected chi connectivity index (χ2v) is 8.07. The molecule has 0 unspecified atom stereocenters. The van der Waals surface area contributed by atoms with Crippen LogP contribution in [0.2, 0.25) is 0 Å². The molecular formula is C19H27NO5. The van der Waals surface area contributed by atoms with E-state index in [0.717, 1.165) is 12.8 Å². The van der Waals surface area contributed by atoms with Gasteiger partial charge in [0.05, 0.1) is 25.0 Å². The van der Waals surface area contributed by atoms with Gasteiger partial charge in [0.15, 0.2) is 5.79 Å². The summed E-state index contributed by atoms with van der Waals surface area (Å²) in [6, 6.07) is 0. The predicted octanol–water partition coefficient (Wildman–Crippen LogP) is 2.05. The van der Waals surface area contributed by atoms with Crippen molar-refractivity contribution in [2.24, 2.45) is 23.7 Å². The van der Waals surface area contributed by atoms with Crippen molar-refractivity contribution < 1.29 is 24.2 Å². The molecule has 1 amide bonds. The number of allylic oxidation sites excluding steroid dienone is 2. The molecule has 25 heavy (non-hydrogen) atoms. The molecule has 4 rings (SSSR count). The van der Waals surface area contributed by atoms with Gasteiger partial charge in [0.25, 0.3) is 0 Å². The summed E-state index contributed by atoms with van der Waals surface area (Å²) in [6.07, 6.45) is 3.19. The van der Waals surface area contributed by atoms with E-state index < -0.39 is 23.6 Å². The van der Waals surface area contributed by atoms with Crippen LogP contribution in [0.3, 0.4) is 0 Å². The smallest absolute Gasteiger partial charge is 0.307 e. The molecule has 4 fully saturated rings. The average molecular weight is 349 g/mol. The Morgan fingerprint density at radius 2 is 1.60 bits per heavy atom. The van der Waals surface area contributed by atoms with Gasteiger partial charge >= 0.3 is 5.97 Å². The van der Waals surface area contributed by atoms with Crippen molar-refractivity contribution in [1.29, 1.82) is 0 Å². The summed E-state index contributed by atoms with van der Waals surface area (Å²) in [5.74, 6) is -2.13. The molecule has 0 aromatic rings. The van der Waals surface area contributed by atoms with Crippen LogP contribution in [0.15, 0.2) is 11.1 Å². The first kappa shape index (κ1) is 17.0. The Bertz CT molecular complexity index is 607. The number of hydrogen-bond acceptors (Lipinski definition) is 4. The molecule has 0 aromatic heterocycles. The number of hydrogen-bond donors (Lipinski definition) is 1. The minimum atomic E-state index is -0.819. The number of carboxylic acids is 1. The van der Waals surface area contributed by atoms with Gasteiger partial charge in [0, 0.05) is 25.9 Å². The monoisotopic (exact) mass is 349 g/mol. The summed E-state index contributed by atoms with van der Waals surface area (Å²) in [5, 5.41) is 9.79. The van der Waals surface area contributed by atoms with Crippen molar-refractivity contribution in [3.8, 4) is 0 Å². The zero-order valence-electron chi connectivity index (χ0n) is 15.0. The highest BCUT2D eigenvalue weighted by molar-refractivity contribution is 5.87. The molecule has 2 aliphatic heterocycles. The Morgan fingerprint density at radius 1 is 1.04 bits per heavy atom. The summed E-state index contributed by atoms with van der Waals surface area (Å²) in [4.78, 5) is 27.0. The minimum Gasteiger partial charge on any atom is -0.481 e. The highest BCUT2D eigenvalue weighted by atomic mass is 16.7. The van der Waals surface area contributed by atoms with Crippen molar-refractivity contribution in [1.82, 2.24) is 4.90 Å². The Kier molecular flexibility index (Phi) is 4.15. The largest absolute Gasteiger partial charge is 0.481 e. The van der Waals surface area contributed by atoms with Crippen molar-refractivity contribution in [3.63, 3.8) is 0 Å². The Morgan fingerprint density at radius 3 is 2.12 bits per heavy atom. The number of carboxylic acid groups (broad SMARTS) is 1. The standard InChI is InChI=1S/C19H27NO5/c1-11(2)14-12-3-4-13(14)16(18(22)23)15(12)17(21)20-7-5-19(6-8-20)24-9-10-25-19/h12-13,15-16H,3-10H2,1-2H3,(H,22,23)/t12-,13-,15+,16-/m1/s1. The van der Waals surface area contributed by atoms with Gasteiger partial charge in [-0.25, -0.2) is 0 Å². The van der Waals surface area contributed by atoms with Gasteiger partial charge in [-0.2, -0.15) is 0 Å². The molecule has 2 saturated carbocycles. The molecule has 4 atom stereocenters. The first-order valence-corrected chi connectivity index (χ1v) is 9.40. The maximum atomic E-state index is 13.2. The van der Waals surface area contributed by atoms with E-state index in [0.29, 0.717) is 39.1 Å². The topological polar surface area (TPSA) is 76.1 Å². The van der Waals surface area contributed by atoms with E-state index in [1.54, 1.807) is 0 Å². The SMILES string of the molecule is CC(C)=C1[C@H]2CC[C@H]1[C@@H](C(=O)O)[C@H]2C(=O)N1CCC2(CC1)OCCO2. The van der Waals surface area contributed by atoms with Crippen LogP contribution in [0.25, 0.3) is 0 Å². The number of carbonyl (C=O) groups excluding carboxylic acids is 1. The number of piperidine rings is 1. The molecule has 0 aromatic carbocycles. The molecule has 2 heterocycles. The van der Waals surface area contributed by atoms with E-state index in [-0.39, 0.29) is 17.7 Å². The van der Waals surface area contributed by atoms with Gasteiger partial charge in [-0.3, -0.25) is 9.59 Å². The minimum absolute atomic E-state index is 0.0196. The van der Waals surface area contributed by atoms with Crippen LogP contribution in [0, 0.1) is 23.7 Å². The van der Waals surface area contributed by atoms with Crippen molar-refractivity contribution in [2.45, 2.75) is 45.3 Å². The summed E-state index contributed by atoms with van der Waals surface area (Å²) in [5.41, 5.74) is 2.43. The van der Waals surface area contributed by atoms with E-state index in [1.165, 1.54) is 11.1 Å². The zero-order chi connectivity index (χ0) is 17.8. The number of likely N-dealkylation sites (tertiary alicyclic amines) is 1. The lowest BCUT2D eigenvalue weighted by Gasteiger charge is -2.40. The Balaban J connectivity index is 1.53. The number of aliphatic carboxylic acids is 1. The molecule has 2 saturated heterocycles. The molecule has 2 bridgehead atoms. The van der Waals surface area contributed by atoms with E-state index in [2.05, 4.69) is 0 Å². The molecule has 2 aliphatic carbocycles. The maximum Gasteiger partial charge on any atom is 0.307 e. The van der Waals surface area contributed by atoms with Crippen molar-refractivity contribution in [2.75, 3.05) is 26.3 Å². The first-order chi connectivity index (χ1) is 11.9. The fraction of sp³-hybridized carbons (Fsp3) is 0.789. The molecule has 4 aliphatic rings. The second-order valence-electron chi connectivity index (χ2n) is 8.07. The lowest BCUT2D eigenvalue weighted by Crippen LogP contribution is -2.51. The van der Waals surface area contributed by atoms with Crippen LogP contribution >= 0.6 is 0 Å². The van der Waals surface area contributed by atoms with Gasteiger partial charge in [-0.05, 0) is 38.5 Å². The average Bonchev–Trinajstić information content (AvgIpc) is 3.28. The van der Waals surface area contributed by atoms with Gasteiger partial charge in [0.2, 0.25) is 5.91 Å². The highest BCUT2D eigenvalue weighted by Gasteiger charge is 2.58. The van der Waals surface area contributed by atoms with Crippen LogP contribution < -0.4 is 0 Å². The predicted molar refractivity (Wildman–Crippen MR) is 89.7 cm³/mol. The van der Waals surface area contributed by atoms with E-state index in [1.807, 2.05) is 18.7 Å². The molecular weight excluding hydrogens is 322 g/mol. The summed E-state index contributed by atoms with van der Waals surface area (Å²) in [7, 11) is 0. The molecule has 1 spiro atoms. The molecule has 138 valence electrons. The normalized spacial score (nSPS) is 36.2. The van der Waals surface area contributed by atoms with Crippen LogP contribution in [0.1, 0.15) is 39.5 Å². The Hall–Kier alpha value is -1.40. The van der Waals surface area contributed by atoms with E-state index in [9.17, 15) is 14.7 Å². The number of rotatable bonds is 2. The van der Waals surface area contributed by atoms with Gasteiger partial charge < -0.3 is 19.5 Å². The van der Waals surface area contributed by atoms with Gasteiger partial charge in [-0.15, -0.1) is 0 Å².